The van der Waals surface area contributed by atoms with Crippen molar-refractivity contribution in [3.05, 3.63) is 24.3 Å². The summed E-state index contributed by atoms with van der Waals surface area (Å²) in [6.07, 6.45) is 7.06. The van der Waals surface area contributed by atoms with Crippen LogP contribution in [0.1, 0.15) is 51.9 Å². The van der Waals surface area contributed by atoms with Crippen molar-refractivity contribution in [2.75, 3.05) is 17.2 Å². The number of amides is 4. The zero-order valence-electron chi connectivity index (χ0n) is 15.8. The van der Waals surface area contributed by atoms with Gasteiger partial charge in [-0.25, -0.2) is 4.79 Å². The quantitative estimate of drug-likeness (QED) is 0.758. The van der Waals surface area contributed by atoms with Crippen molar-refractivity contribution < 1.29 is 14.4 Å². The Morgan fingerprint density at radius 3 is 2.37 bits per heavy atom. The number of carbonyl (C=O) groups is 3. The van der Waals surface area contributed by atoms with Gasteiger partial charge in [-0.3, -0.25) is 9.59 Å². The van der Waals surface area contributed by atoms with Crippen molar-refractivity contribution in [2.45, 2.75) is 64.0 Å². The van der Waals surface area contributed by atoms with Gasteiger partial charge in [-0.15, -0.1) is 0 Å². The number of nitrogens with zero attached hydrogens (tertiary/aromatic N) is 1. The first kappa shape index (κ1) is 19.2. The van der Waals surface area contributed by atoms with Crippen molar-refractivity contribution in [3.8, 4) is 0 Å². The summed E-state index contributed by atoms with van der Waals surface area (Å²) in [7, 11) is 0. The van der Waals surface area contributed by atoms with Gasteiger partial charge < -0.3 is 20.9 Å². The van der Waals surface area contributed by atoms with E-state index in [1.807, 2.05) is 0 Å². The van der Waals surface area contributed by atoms with Crippen molar-refractivity contribution in [1.29, 1.82) is 0 Å². The van der Waals surface area contributed by atoms with Crippen LogP contribution in [0.25, 0.3) is 0 Å². The first-order chi connectivity index (χ1) is 13.0. The third-order valence-corrected chi connectivity index (χ3v) is 5.20. The molecule has 0 aromatic heterocycles. The molecule has 7 heteroatoms. The van der Waals surface area contributed by atoms with Gasteiger partial charge in [-0.05, 0) is 43.9 Å². The van der Waals surface area contributed by atoms with Crippen LogP contribution in [0.5, 0.6) is 0 Å². The summed E-state index contributed by atoms with van der Waals surface area (Å²) < 4.78 is 0. The Labute approximate surface area is 159 Å². The predicted octanol–water partition coefficient (Wildman–Crippen LogP) is 3.09. The number of carbonyl (C=O) groups excluding carboxylic acids is 3. The normalized spacial score (nSPS) is 20.2. The largest absolute Gasteiger partial charge is 0.335 e. The van der Waals surface area contributed by atoms with E-state index in [0.29, 0.717) is 24.3 Å². The van der Waals surface area contributed by atoms with E-state index in [9.17, 15) is 14.4 Å². The molecule has 1 aromatic carbocycles. The van der Waals surface area contributed by atoms with Crippen molar-refractivity contribution in [2.24, 2.45) is 0 Å². The minimum atomic E-state index is -0.460. The van der Waals surface area contributed by atoms with Crippen LogP contribution in [-0.2, 0) is 9.59 Å². The Morgan fingerprint density at radius 2 is 1.67 bits per heavy atom. The summed E-state index contributed by atoms with van der Waals surface area (Å²) >= 11 is 0. The number of benzene rings is 1. The molecule has 2 aliphatic rings. The summed E-state index contributed by atoms with van der Waals surface area (Å²) in [6.45, 7) is 2.04. The van der Waals surface area contributed by atoms with Crippen molar-refractivity contribution in [1.82, 2.24) is 10.2 Å². The summed E-state index contributed by atoms with van der Waals surface area (Å²) in [5.41, 5.74) is 1.23. The second-order valence-electron chi connectivity index (χ2n) is 7.39. The fourth-order valence-corrected chi connectivity index (χ4v) is 3.89. The van der Waals surface area contributed by atoms with Crippen LogP contribution in [0.3, 0.4) is 0 Å². The maximum Gasteiger partial charge on any atom is 0.318 e. The molecule has 0 bridgehead atoms. The van der Waals surface area contributed by atoms with Gasteiger partial charge in [0.05, 0.1) is 0 Å². The molecule has 1 unspecified atom stereocenters. The molecule has 4 amide bonds. The molecular formula is C20H28N4O3. The van der Waals surface area contributed by atoms with Crippen LogP contribution < -0.4 is 16.0 Å². The van der Waals surface area contributed by atoms with Gasteiger partial charge in [-0.2, -0.15) is 0 Å². The number of anilines is 2. The maximum absolute atomic E-state index is 12.7. The Balaban J connectivity index is 1.59. The Morgan fingerprint density at radius 1 is 0.963 bits per heavy atom. The molecule has 1 aliphatic heterocycles. The molecular weight excluding hydrogens is 344 g/mol. The van der Waals surface area contributed by atoms with Gasteiger partial charge in [0.15, 0.2) is 0 Å². The fraction of sp³-hybridized carbons (Fsp3) is 0.550. The molecule has 1 atom stereocenters. The number of hydrogen-bond donors (Lipinski definition) is 3. The van der Waals surface area contributed by atoms with Crippen molar-refractivity contribution in [3.63, 3.8) is 0 Å². The highest BCUT2D eigenvalue weighted by atomic mass is 16.2. The molecule has 1 aromatic rings. The molecule has 1 aliphatic carbocycles. The number of hydrogen-bond acceptors (Lipinski definition) is 3. The molecule has 3 rings (SSSR count). The summed E-state index contributed by atoms with van der Waals surface area (Å²) in [5, 5.41) is 8.67. The fourth-order valence-electron chi connectivity index (χ4n) is 3.89. The van der Waals surface area contributed by atoms with Crippen LogP contribution >= 0.6 is 0 Å². The standard InChI is InChI=1S/C20H28N4O3/c1-14(25)21-16-9-5-10-17(13-16)22-19(26)18-11-6-12-24(18)20(27)23-15-7-3-2-4-8-15/h5,9-10,13,15,18H,2-4,6-8,11-12H2,1H3,(H,21,25)(H,22,26)(H,23,27). The smallest absolute Gasteiger partial charge is 0.318 e. The van der Waals surface area contributed by atoms with E-state index in [1.165, 1.54) is 13.3 Å². The first-order valence-electron chi connectivity index (χ1n) is 9.78. The van der Waals surface area contributed by atoms with Gasteiger partial charge in [0.1, 0.15) is 6.04 Å². The highest BCUT2D eigenvalue weighted by molar-refractivity contribution is 5.98. The molecule has 0 spiro atoms. The van der Waals surface area contributed by atoms with Crippen LogP contribution in [0.15, 0.2) is 24.3 Å². The summed E-state index contributed by atoms with van der Waals surface area (Å²) in [6, 6.07) is 6.64. The average Bonchev–Trinajstić information content (AvgIpc) is 3.12. The van der Waals surface area contributed by atoms with E-state index >= 15 is 0 Å². The lowest BCUT2D eigenvalue weighted by Gasteiger charge is -2.29. The van der Waals surface area contributed by atoms with Gasteiger partial charge in [-0.1, -0.05) is 25.3 Å². The third kappa shape index (κ3) is 5.21. The van der Waals surface area contributed by atoms with Crippen molar-refractivity contribution >= 4 is 29.2 Å². The Bertz CT molecular complexity index is 700. The van der Waals surface area contributed by atoms with E-state index in [4.69, 9.17) is 0 Å². The number of urea groups is 1. The second kappa shape index (κ2) is 8.88. The van der Waals surface area contributed by atoms with E-state index in [0.717, 1.165) is 32.1 Å². The maximum atomic E-state index is 12.7. The van der Waals surface area contributed by atoms with Crippen LogP contribution in [0, 0.1) is 0 Å². The summed E-state index contributed by atoms with van der Waals surface area (Å²) in [5.74, 6) is -0.355. The first-order valence-corrected chi connectivity index (χ1v) is 9.78. The molecule has 0 radical (unpaired) electrons. The Kier molecular flexibility index (Phi) is 6.32. The number of likely N-dealkylation sites (tertiary alicyclic amines) is 1. The molecule has 1 saturated heterocycles. The second-order valence-corrected chi connectivity index (χ2v) is 7.39. The molecule has 2 fully saturated rings. The highest BCUT2D eigenvalue weighted by Crippen LogP contribution is 2.22. The molecule has 7 nitrogen and oxygen atoms in total. The van der Waals surface area contributed by atoms with E-state index in [2.05, 4.69) is 16.0 Å². The van der Waals surface area contributed by atoms with E-state index in [-0.39, 0.29) is 23.9 Å². The molecule has 1 saturated carbocycles. The van der Waals surface area contributed by atoms with E-state index in [1.54, 1.807) is 29.2 Å². The average molecular weight is 372 g/mol. The topological polar surface area (TPSA) is 90.5 Å². The Hall–Kier alpha value is -2.57. The SMILES string of the molecule is CC(=O)Nc1cccc(NC(=O)C2CCCN2C(=O)NC2CCCCC2)c1. The lowest BCUT2D eigenvalue weighted by atomic mass is 9.96. The molecule has 3 N–H and O–H groups in total. The van der Waals surface area contributed by atoms with Crippen LogP contribution in [0.2, 0.25) is 0 Å². The monoisotopic (exact) mass is 372 g/mol. The van der Waals surface area contributed by atoms with E-state index < -0.39 is 6.04 Å². The van der Waals surface area contributed by atoms with Gasteiger partial charge >= 0.3 is 6.03 Å². The van der Waals surface area contributed by atoms with Gasteiger partial charge in [0.25, 0.3) is 0 Å². The lowest BCUT2D eigenvalue weighted by molar-refractivity contribution is -0.119. The molecule has 146 valence electrons. The predicted molar refractivity (Wildman–Crippen MR) is 105 cm³/mol. The zero-order valence-corrected chi connectivity index (χ0v) is 15.8. The van der Waals surface area contributed by atoms with Crippen LogP contribution in [-0.4, -0.2) is 41.4 Å². The lowest BCUT2D eigenvalue weighted by Crippen LogP contribution is -2.50. The van der Waals surface area contributed by atoms with Crippen LogP contribution in [0.4, 0.5) is 16.2 Å². The minimum Gasteiger partial charge on any atom is -0.335 e. The third-order valence-electron chi connectivity index (χ3n) is 5.20. The molecule has 1 heterocycles. The zero-order chi connectivity index (χ0) is 19.2. The molecule has 27 heavy (non-hydrogen) atoms. The minimum absolute atomic E-state index is 0.133. The number of nitrogens with one attached hydrogen (secondary N) is 3. The summed E-state index contributed by atoms with van der Waals surface area (Å²) in [4.78, 5) is 38.2. The van der Waals surface area contributed by atoms with Gasteiger partial charge in [0.2, 0.25) is 11.8 Å². The highest BCUT2D eigenvalue weighted by Gasteiger charge is 2.35. The van der Waals surface area contributed by atoms with Gasteiger partial charge in [0, 0.05) is 30.9 Å². The number of rotatable bonds is 4.